The molecule has 0 N–H and O–H groups in total. The lowest BCUT2D eigenvalue weighted by atomic mass is 10.0. The number of carboxylic acids is 1. The predicted octanol–water partition coefficient (Wildman–Crippen LogP) is 15.8. The van der Waals surface area contributed by atoms with Crippen molar-refractivity contribution >= 4 is 17.9 Å². The first-order valence-corrected chi connectivity index (χ1v) is 29.5. The minimum absolute atomic E-state index is 0.151. The van der Waals surface area contributed by atoms with Crippen molar-refractivity contribution in [2.24, 2.45) is 0 Å². The Kier molecular flexibility index (Phi) is 50.4. The minimum Gasteiger partial charge on any atom is -0.545 e. The summed E-state index contributed by atoms with van der Waals surface area (Å²) in [6.45, 7) is 4.66. The molecule has 0 spiro atoms. The number of aliphatic carboxylic acids is 1. The number of nitrogens with zero attached hydrogens (tertiary/aromatic N) is 1. The van der Waals surface area contributed by atoms with Gasteiger partial charge in [0.25, 0.3) is 0 Å². The second-order valence-electron chi connectivity index (χ2n) is 21.3. The summed E-state index contributed by atoms with van der Waals surface area (Å²) in [6.07, 6.45) is 59.0. The van der Waals surface area contributed by atoms with E-state index >= 15 is 0 Å². The van der Waals surface area contributed by atoms with Crippen LogP contribution in [0.15, 0.2) is 24.3 Å². The van der Waals surface area contributed by atoms with Crippen LogP contribution in [0, 0.1) is 0 Å². The van der Waals surface area contributed by atoms with Crippen molar-refractivity contribution in [3.8, 4) is 0 Å². The third-order valence-corrected chi connectivity index (χ3v) is 13.2. The van der Waals surface area contributed by atoms with Gasteiger partial charge < -0.3 is 33.3 Å². The molecule has 0 aromatic heterocycles. The molecular formula is C60H113NO8. The topological polar surface area (TPSA) is 111 Å². The number of allylic oxidation sites excluding steroid dienone is 4. The van der Waals surface area contributed by atoms with Crippen molar-refractivity contribution in [1.82, 2.24) is 0 Å². The minimum atomic E-state index is -1.61. The molecule has 0 heterocycles. The van der Waals surface area contributed by atoms with Crippen LogP contribution in [-0.2, 0) is 33.3 Å². The molecule has 69 heavy (non-hydrogen) atoms. The molecule has 0 aromatic carbocycles. The van der Waals surface area contributed by atoms with Crippen LogP contribution < -0.4 is 5.11 Å². The maximum Gasteiger partial charge on any atom is 0.306 e. The van der Waals surface area contributed by atoms with Crippen molar-refractivity contribution in [1.29, 1.82) is 0 Å². The highest BCUT2D eigenvalue weighted by Gasteiger charge is 2.22. The SMILES string of the molecule is CCCCCCC/C=C\C/C=C\CCCCCCCCCCCCCCCCCCCCCCCCCCCCCC(=O)OC(COC(=O)CCCCCCC)COC(OCC[N+](C)(C)C)C(=O)[O-]. The van der Waals surface area contributed by atoms with Crippen LogP contribution in [0.3, 0.4) is 0 Å². The molecule has 0 aliphatic heterocycles. The fraction of sp³-hybridized carbons (Fsp3) is 0.883. The average molecular weight is 977 g/mol. The van der Waals surface area contributed by atoms with Gasteiger partial charge in [0, 0.05) is 12.8 Å². The number of hydrogen-bond donors (Lipinski definition) is 0. The van der Waals surface area contributed by atoms with Crippen molar-refractivity contribution < 1.29 is 42.9 Å². The van der Waals surface area contributed by atoms with Crippen LogP contribution in [0.4, 0.5) is 0 Å². The fourth-order valence-electron chi connectivity index (χ4n) is 8.63. The van der Waals surface area contributed by atoms with Gasteiger partial charge in [-0.25, -0.2) is 0 Å². The molecule has 9 heteroatoms. The third-order valence-electron chi connectivity index (χ3n) is 13.2. The second kappa shape index (κ2) is 52.1. The number of hydrogen-bond acceptors (Lipinski definition) is 8. The number of carbonyl (C=O) groups excluding carboxylic acids is 3. The van der Waals surface area contributed by atoms with E-state index in [-0.39, 0.29) is 32.2 Å². The lowest BCUT2D eigenvalue weighted by molar-refractivity contribution is -0.870. The van der Waals surface area contributed by atoms with Gasteiger partial charge in [-0.3, -0.25) is 9.59 Å². The van der Waals surface area contributed by atoms with Gasteiger partial charge in [0.15, 0.2) is 12.4 Å². The molecular weight excluding hydrogens is 863 g/mol. The molecule has 0 aliphatic carbocycles. The molecule has 0 amide bonds. The van der Waals surface area contributed by atoms with Gasteiger partial charge >= 0.3 is 11.9 Å². The Morgan fingerprint density at radius 3 is 1.14 bits per heavy atom. The molecule has 0 aromatic rings. The zero-order valence-corrected chi connectivity index (χ0v) is 46.2. The molecule has 0 radical (unpaired) electrons. The van der Waals surface area contributed by atoms with Crippen LogP contribution in [0.5, 0.6) is 0 Å². The van der Waals surface area contributed by atoms with Crippen LogP contribution in [0.1, 0.15) is 284 Å². The van der Waals surface area contributed by atoms with E-state index < -0.39 is 24.3 Å². The molecule has 0 aliphatic rings. The third kappa shape index (κ3) is 53.4. The summed E-state index contributed by atoms with van der Waals surface area (Å²) in [5, 5.41) is 11.7. The lowest BCUT2D eigenvalue weighted by Gasteiger charge is -2.26. The maximum atomic E-state index is 12.7. The molecule has 0 saturated heterocycles. The summed E-state index contributed by atoms with van der Waals surface area (Å²) in [4.78, 5) is 36.8. The number of esters is 2. The summed E-state index contributed by atoms with van der Waals surface area (Å²) >= 11 is 0. The number of unbranched alkanes of at least 4 members (excludes halogenated alkanes) is 36. The van der Waals surface area contributed by atoms with Crippen molar-refractivity contribution in [3.63, 3.8) is 0 Å². The smallest absolute Gasteiger partial charge is 0.306 e. The van der Waals surface area contributed by atoms with Crippen molar-refractivity contribution in [2.45, 2.75) is 296 Å². The van der Waals surface area contributed by atoms with E-state index in [1.54, 1.807) is 0 Å². The van der Waals surface area contributed by atoms with Crippen LogP contribution in [0.25, 0.3) is 0 Å². The Hall–Kier alpha value is -2.23. The Morgan fingerprint density at radius 1 is 0.435 bits per heavy atom. The molecule has 2 atom stereocenters. The number of rotatable bonds is 55. The second-order valence-corrected chi connectivity index (χ2v) is 21.3. The van der Waals surface area contributed by atoms with E-state index in [9.17, 15) is 19.5 Å². The van der Waals surface area contributed by atoms with Gasteiger partial charge in [-0.2, -0.15) is 0 Å². The van der Waals surface area contributed by atoms with Crippen molar-refractivity contribution in [3.05, 3.63) is 24.3 Å². The molecule has 0 saturated carbocycles. The first kappa shape index (κ1) is 66.8. The van der Waals surface area contributed by atoms with Crippen molar-refractivity contribution in [2.75, 3.05) is 47.5 Å². The standard InChI is InChI=1S/C60H113NO8/c1-6-8-10-12-13-14-15-16-17-18-19-20-21-22-23-24-25-26-27-28-29-30-31-32-33-34-35-36-37-38-39-40-41-42-43-44-45-47-49-51-58(63)69-56(54-67-57(62)50-48-46-11-9-7-2)55-68-60(59(64)65)66-53-52-61(3,4)5/h15-16,18-19,56,60H,6-14,17,20-55H2,1-5H3/b16-15-,19-18-. The van der Waals surface area contributed by atoms with E-state index in [4.69, 9.17) is 18.9 Å². The fourth-order valence-corrected chi connectivity index (χ4v) is 8.63. The average Bonchev–Trinajstić information content (AvgIpc) is 3.31. The largest absolute Gasteiger partial charge is 0.545 e. The Labute approximate surface area is 427 Å². The van der Waals surface area contributed by atoms with Gasteiger partial charge in [-0.15, -0.1) is 0 Å². The number of carboxylic acid groups (broad SMARTS) is 1. The number of likely N-dealkylation sites (N-methyl/N-ethyl adjacent to an activating group) is 1. The Morgan fingerprint density at radius 2 is 0.783 bits per heavy atom. The van der Waals surface area contributed by atoms with E-state index in [2.05, 4.69) is 38.2 Å². The maximum absolute atomic E-state index is 12.7. The Balaban J connectivity index is 3.75. The summed E-state index contributed by atoms with van der Waals surface area (Å²) in [5.74, 6) is -2.28. The first-order chi connectivity index (χ1) is 33.6. The van der Waals surface area contributed by atoms with Gasteiger partial charge in [0.05, 0.1) is 40.3 Å². The molecule has 0 bridgehead atoms. The normalized spacial score (nSPS) is 12.9. The summed E-state index contributed by atoms with van der Waals surface area (Å²) in [5.41, 5.74) is 0. The quantitative estimate of drug-likeness (QED) is 0.0195. The zero-order chi connectivity index (χ0) is 50.6. The number of carbonyl (C=O) groups is 3. The number of quaternary nitrogens is 1. The Bertz CT molecular complexity index is 1180. The van der Waals surface area contributed by atoms with E-state index in [1.807, 2.05) is 21.1 Å². The predicted molar refractivity (Wildman–Crippen MR) is 288 cm³/mol. The molecule has 406 valence electrons. The van der Waals surface area contributed by atoms with E-state index in [0.29, 0.717) is 17.4 Å². The molecule has 9 nitrogen and oxygen atoms in total. The zero-order valence-electron chi connectivity index (χ0n) is 46.2. The molecule has 0 rings (SSSR count). The van der Waals surface area contributed by atoms with Crippen LogP contribution in [-0.4, -0.2) is 82.3 Å². The lowest BCUT2D eigenvalue weighted by Crippen LogP contribution is -2.44. The first-order valence-electron chi connectivity index (χ1n) is 29.5. The van der Waals surface area contributed by atoms with E-state index in [0.717, 1.165) is 57.8 Å². The van der Waals surface area contributed by atoms with Gasteiger partial charge in [-0.1, -0.05) is 250 Å². The van der Waals surface area contributed by atoms with Gasteiger partial charge in [0.1, 0.15) is 13.2 Å². The summed E-state index contributed by atoms with van der Waals surface area (Å²) in [6, 6.07) is 0. The van der Waals surface area contributed by atoms with Gasteiger partial charge in [0.2, 0.25) is 0 Å². The monoisotopic (exact) mass is 976 g/mol. The summed E-state index contributed by atoms with van der Waals surface area (Å²) in [7, 11) is 5.91. The molecule has 0 fully saturated rings. The van der Waals surface area contributed by atoms with Gasteiger partial charge in [-0.05, 0) is 44.9 Å². The highest BCUT2D eigenvalue weighted by molar-refractivity contribution is 5.70. The van der Waals surface area contributed by atoms with E-state index in [1.165, 1.54) is 199 Å². The summed E-state index contributed by atoms with van der Waals surface area (Å²) < 4.78 is 22.5. The van der Waals surface area contributed by atoms with Crippen LogP contribution >= 0.6 is 0 Å². The highest BCUT2D eigenvalue weighted by atomic mass is 16.7. The molecule has 2 unspecified atom stereocenters. The highest BCUT2D eigenvalue weighted by Crippen LogP contribution is 2.17. The van der Waals surface area contributed by atoms with Crippen LogP contribution in [0.2, 0.25) is 0 Å². The number of ether oxygens (including phenoxy) is 4.